The molecule has 0 fully saturated rings. The summed E-state index contributed by atoms with van der Waals surface area (Å²) in [4.78, 5) is 12.8. The van der Waals surface area contributed by atoms with Gasteiger partial charge in [0.1, 0.15) is 0 Å². The molecule has 0 heterocycles. The molecule has 1 nitrogen and oxygen atoms in total. The standard InChI is InChI=1S/C27H38O/c1-4-5-6-7-8-9-10-11-12-13-14-24-17-19-25(20-18-24)27(28)26-21-22(2)15-16-23(26)3/h15-21H,4-14H2,1-3H3. The normalized spacial score (nSPS) is 11.0. The number of hydrogen-bond donors (Lipinski definition) is 0. The maximum atomic E-state index is 12.8. The van der Waals surface area contributed by atoms with E-state index in [2.05, 4.69) is 25.1 Å². The Balaban J connectivity index is 1.69. The van der Waals surface area contributed by atoms with Crippen molar-refractivity contribution in [1.82, 2.24) is 0 Å². The second kappa shape index (κ2) is 12.5. The zero-order valence-corrected chi connectivity index (χ0v) is 18.2. The van der Waals surface area contributed by atoms with E-state index in [0.29, 0.717) is 0 Å². The maximum Gasteiger partial charge on any atom is 0.193 e. The van der Waals surface area contributed by atoms with E-state index in [4.69, 9.17) is 0 Å². The van der Waals surface area contributed by atoms with Crippen molar-refractivity contribution in [2.24, 2.45) is 0 Å². The van der Waals surface area contributed by atoms with E-state index in [1.165, 1.54) is 69.8 Å². The maximum absolute atomic E-state index is 12.8. The quantitative estimate of drug-likeness (QED) is 0.255. The molecule has 28 heavy (non-hydrogen) atoms. The summed E-state index contributed by atoms with van der Waals surface area (Å²) in [5, 5.41) is 0. The van der Waals surface area contributed by atoms with Crippen LogP contribution in [0.1, 0.15) is 104 Å². The Morgan fingerprint density at radius 3 is 1.89 bits per heavy atom. The lowest BCUT2D eigenvalue weighted by atomic mass is 9.96. The van der Waals surface area contributed by atoms with Crippen LogP contribution in [-0.4, -0.2) is 5.78 Å². The number of carbonyl (C=O) groups is 1. The van der Waals surface area contributed by atoms with Crippen LogP contribution >= 0.6 is 0 Å². The highest BCUT2D eigenvalue weighted by molar-refractivity contribution is 6.10. The molecule has 0 spiro atoms. The molecule has 2 rings (SSSR count). The second-order valence-corrected chi connectivity index (χ2v) is 8.28. The Morgan fingerprint density at radius 1 is 0.714 bits per heavy atom. The van der Waals surface area contributed by atoms with Crippen molar-refractivity contribution in [1.29, 1.82) is 0 Å². The van der Waals surface area contributed by atoms with Gasteiger partial charge in [0.2, 0.25) is 0 Å². The third kappa shape index (κ3) is 7.62. The van der Waals surface area contributed by atoms with E-state index in [-0.39, 0.29) is 5.78 Å². The minimum Gasteiger partial charge on any atom is -0.289 e. The fourth-order valence-corrected chi connectivity index (χ4v) is 3.78. The van der Waals surface area contributed by atoms with Crippen LogP contribution in [0.3, 0.4) is 0 Å². The topological polar surface area (TPSA) is 17.1 Å². The lowest BCUT2D eigenvalue weighted by Gasteiger charge is -2.08. The number of hydrogen-bond acceptors (Lipinski definition) is 1. The van der Waals surface area contributed by atoms with Crippen molar-refractivity contribution in [2.75, 3.05) is 0 Å². The van der Waals surface area contributed by atoms with Crippen molar-refractivity contribution < 1.29 is 4.79 Å². The third-order valence-corrected chi connectivity index (χ3v) is 5.67. The molecule has 0 amide bonds. The summed E-state index contributed by atoms with van der Waals surface area (Å²) in [5.41, 5.74) is 5.14. The van der Waals surface area contributed by atoms with Gasteiger partial charge in [0.15, 0.2) is 5.78 Å². The molecule has 0 aliphatic heterocycles. The lowest BCUT2D eigenvalue weighted by Crippen LogP contribution is -2.04. The van der Waals surface area contributed by atoms with E-state index >= 15 is 0 Å². The largest absolute Gasteiger partial charge is 0.289 e. The average molecular weight is 379 g/mol. The molecule has 0 aliphatic rings. The first-order valence-electron chi connectivity index (χ1n) is 11.3. The van der Waals surface area contributed by atoms with Crippen molar-refractivity contribution in [3.8, 4) is 0 Å². The van der Waals surface area contributed by atoms with Crippen LogP contribution in [-0.2, 0) is 6.42 Å². The SMILES string of the molecule is CCCCCCCCCCCCc1ccc(C(=O)c2cc(C)ccc2C)cc1. The number of carbonyl (C=O) groups excluding carboxylic acids is 1. The van der Waals surface area contributed by atoms with Gasteiger partial charge >= 0.3 is 0 Å². The summed E-state index contributed by atoms with van der Waals surface area (Å²) < 4.78 is 0. The third-order valence-electron chi connectivity index (χ3n) is 5.67. The Kier molecular flexibility index (Phi) is 10.0. The Morgan fingerprint density at radius 2 is 1.29 bits per heavy atom. The predicted molar refractivity (Wildman–Crippen MR) is 121 cm³/mol. The van der Waals surface area contributed by atoms with Gasteiger partial charge in [0, 0.05) is 11.1 Å². The highest BCUT2D eigenvalue weighted by Crippen LogP contribution is 2.18. The molecule has 2 aromatic rings. The van der Waals surface area contributed by atoms with Crippen LogP contribution in [0.5, 0.6) is 0 Å². The Labute approximate surface area is 172 Å². The highest BCUT2D eigenvalue weighted by atomic mass is 16.1. The molecule has 0 saturated heterocycles. The van der Waals surface area contributed by atoms with Crippen LogP contribution < -0.4 is 0 Å². The number of aryl methyl sites for hydroxylation is 3. The molecule has 152 valence electrons. The Hall–Kier alpha value is -1.89. The molecular weight excluding hydrogens is 340 g/mol. The van der Waals surface area contributed by atoms with Crippen molar-refractivity contribution in [3.05, 3.63) is 70.3 Å². The number of benzene rings is 2. The lowest BCUT2D eigenvalue weighted by molar-refractivity contribution is 0.103. The molecule has 0 aliphatic carbocycles. The summed E-state index contributed by atoms with van der Waals surface area (Å²) in [6, 6.07) is 14.3. The molecule has 0 radical (unpaired) electrons. The minimum atomic E-state index is 0.131. The van der Waals surface area contributed by atoms with E-state index in [0.717, 1.165) is 28.7 Å². The zero-order valence-electron chi connectivity index (χ0n) is 18.2. The molecule has 0 N–H and O–H groups in total. The zero-order chi connectivity index (χ0) is 20.2. The minimum absolute atomic E-state index is 0.131. The summed E-state index contributed by atoms with van der Waals surface area (Å²) in [6.07, 6.45) is 14.8. The molecule has 2 aromatic carbocycles. The van der Waals surface area contributed by atoms with Crippen molar-refractivity contribution >= 4 is 5.78 Å². The van der Waals surface area contributed by atoms with Gasteiger partial charge in [-0.1, -0.05) is 107 Å². The number of unbranched alkanes of at least 4 members (excludes halogenated alkanes) is 9. The van der Waals surface area contributed by atoms with E-state index < -0.39 is 0 Å². The van der Waals surface area contributed by atoms with E-state index in [9.17, 15) is 4.79 Å². The Bertz CT molecular complexity index is 712. The predicted octanol–water partition coefficient (Wildman–Crippen LogP) is 8.00. The first-order chi connectivity index (χ1) is 13.6. The van der Waals surface area contributed by atoms with Gasteiger partial charge in [-0.05, 0) is 43.9 Å². The molecular formula is C27H38O. The number of ketones is 1. The molecule has 0 atom stereocenters. The van der Waals surface area contributed by atoms with Crippen LogP contribution in [0.2, 0.25) is 0 Å². The van der Waals surface area contributed by atoms with Crippen molar-refractivity contribution in [3.63, 3.8) is 0 Å². The molecule has 0 bridgehead atoms. The summed E-state index contributed by atoms with van der Waals surface area (Å²) >= 11 is 0. The first-order valence-corrected chi connectivity index (χ1v) is 11.3. The van der Waals surface area contributed by atoms with Crippen molar-refractivity contribution in [2.45, 2.75) is 91.4 Å². The fraction of sp³-hybridized carbons (Fsp3) is 0.519. The van der Waals surface area contributed by atoms with Gasteiger partial charge in [0.25, 0.3) is 0 Å². The second-order valence-electron chi connectivity index (χ2n) is 8.28. The summed E-state index contributed by atoms with van der Waals surface area (Å²) in [5.74, 6) is 0.131. The van der Waals surface area contributed by atoms with Gasteiger partial charge in [-0.3, -0.25) is 4.79 Å². The first kappa shape index (κ1) is 22.4. The van der Waals surface area contributed by atoms with Crippen LogP contribution in [0.25, 0.3) is 0 Å². The van der Waals surface area contributed by atoms with Crippen LogP contribution in [0.4, 0.5) is 0 Å². The van der Waals surface area contributed by atoms with E-state index in [1.807, 2.05) is 38.1 Å². The molecule has 1 heteroatoms. The summed E-state index contributed by atoms with van der Waals surface area (Å²) in [6.45, 7) is 6.31. The summed E-state index contributed by atoms with van der Waals surface area (Å²) in [7, 11) is 0. The van der Waals surface area contributed by atoms with E-state index in [1.54, 1.807) is 0 Å². The average Bonchev–Trinajstić information content (AvgIpc) is 2.71. The van der Waals surface area contributed by atoms with Gasteiger partial charge in [0.05, 0.1) is 0 Å². The van der Waals surface area contributed by atoms with Gasteiger partial charge in [-0.2, -0.15) is 0 Å². The monoisotopic (exact) mass is 378 g/mol. The fourth-order valence-electron chi connectivity index (χ4n) is 3.78. The van der Waals surface area contributed by atoms with Gasteiger partial charge in [-0.25, -0.2) is 0 Å². The molecule has 0 saturated carbocycles. The number of rotatable bonds is 13. The molecule has 0 aromatic heterocycles. The van der Waals surface area contributed by atoms with Gasteiger partial charge in [-0.15, -0.1) is 0 Å². The smallest absolute Gasteiger partial charge is 0.193 e. The van der Waals surface area contributed by atoms with Gasteiger partial charge < -0.3 is 0 Å². The van der Waals surface area contributed by atoms with Crippen LogP contribution in [0, 0.1) is 13.8 Å². The highest BCUT2D eigenvalue weighted by Gasteiger charge is 2.11. The van der Waals surface area contributed by atoms with Crippen LogP contribution in [0.15, 0.2) is 42.5 Å². The molecule has 0 unspecified atom stereocenters.